The molecular weight excluding hydrogens is 418 g/mol. The number of benzene rings is 1. The van der Waals surface area contributed by atoms with Gasteiger partial charge in [-0.3, -0.25) is 0 Å². The molecule has 4 heteroatoms. The normalized spacial score (nSPS) is 19.7. The Morgan fingerprint density at radius 3 is 2.76 bits per heavy atom. The van der Waals surface area contributed by atoms with Gasteiger partial charge in [-0.1, -0.05) is 62.9 Å². The summed E-state index contributed by atoms with van der Waals surface area (Å²) in [6.45, 7) is 2.82. The van der Waals surface area contributed by atoms with Crippen LogP contribution in [-0.2, 0) is 17.8 Å². The van der Waals surface area contributed by atoms with Crippen molar-refractivity contribution in [3.05, 3.63) is 100 Å². The van der Waals surface area contributed by atoms with Gasteiger partial charge in [0.15, 0.2) is 0 Å². The first-order valence-electron chi connectivity index (χ1n) is 12.8. The number of nitrogens with zero attached hydrogens (tertiary/aromatic N) is 1. The number of nitrogens with one attached hydrogen (secondary N) is 2. The molecule has 1 aliphatic heterocycles. The minimum atomic E-state index is 0.527. The molecule has 0 radical (unpaired) electrons. The molecule has 0 fully saturated rings. The molecule has 4 nitrogen and oxygen atoms in total. The SMILES string of the molecule is CCCC1CCCCCCc2cc1c(/C=C1\N=C(c3ccc[nH]3)C=C1OCc1ccccc1)[nH]2. The largest absolute Gasteiger partial charge is 0.487 e. The number of ether oxygens (including phenoxy) is 1. The first-order chi connectivity index (χ1) is 16.8. The molecule has 34 heavy (non-hydrogen) atoms. The minimum absolute atomic E-state index is 0.527. The summed E-state index contributed by atoms with van der Waals surface area (Å²) in [7, 11) is 0. The number of aryl methyl sites for hydroxylation is 1. The summed E-state index contributed by atoms with van der Waals surface area (Å²) in [5.74, 6) is 1.43. The molecular formula is C30H35N3O. The highest BCUT2D eigenvalue weighted by Gasteiger charge is 2.22. The predicted octanol–water partition coefficient (Wildman–Crippen LogP) is 7.68. The van der Waals surface area contributed by atoms with Crippen LogP contribution in [0.3, 0.4) is 0 Å². The van der Waals surface area contributed by atoms with Crippen molar-refractivity contribution in [1.82, 2.24) is 9.97 Å². The number of aromatic amines is 2. The lowest BCUT2D eigenvalue weighted by Gasteiger charge is -2.17. The zero-order valence-electron chi connectivity index (χ0n) is 20.1. The maximum absolute atomic E-state index is 6.31. The van der Waals surface area contributed by atoms with Gasteiger partial charge in [0.1, 0.15) is 18.1 Å². The predicted molar refractivity (Wildman–Crippen MR) is 140 cm³/mol. The Morgan fingerprint density at radius 1 is 1.06 bits per heavy atom. The Morgan fingerprint density at radius 2 is 1.94 bits per heavy atom. The molecule has 2 bridgehead atoms. The first kappa shape index (κ1) is 22.5. The van der Waals surface area contributed by atoms with Crippen molar-refractivity contribution in [2.75, 3.05) is 0 Å². The van der Waals surface area contributed by atoms with Gasteiger partial charge in [-0.15, -0.1) is 0 Å². The van der Waals surface area contributed by atoms with Gasteiger partial charge >= 0.3 is 0 Å². The van der Waals surface area contributed by atoms with Crippen molar-refractivity contribution in [3.63, 3.8) is 0 Å². The Bertz CT molecular complexity index is 1170. The highest BCUT2D eigenvalue weighted by molar-refractivity contribution is 6.11. The molecule has 5 rings (SSSR count). The lowest BCUT2D eigenvalue weighted by atomic mass is 9.88. The standard InChI is InChI=1S/C30H35N3O/c1-2-11-23-14-8-3-4-9-15-24-18-25(23)27(32-24)19-29-30(34-21-22-12-6-5-7-13-22)20-28(33-29)26-16-10-17-31-26/h5-7,10,12-13,16-20,23,31-32H,2-4,8-9,11,14-15,21H2,1H3/b29-19-. The van der Waals surface area contributed by atoms with Gasteiger partial charge in [-0.05, 0) is 67.0 Å². The van der Waals surface area contributed by atoms with E-state index in [1.165, 1.54) is 61.9 Å². The quantitative estimate of drug-likeness (QED) is 0.379. The third-order valence-corrected chi connectivity index (χ3v) is 6.91. The maximum atomic E-state index is 6.31. The lowest BCUT2D eigenvalue weighted by Crippen LogP contribution is -2.01. The summed E-state index contributed by atoms with van der Waals surface area (Å²) < 4.78 is 6.31. The summed E-state index contributed by atoms with van der Waals surface area (Å²) in [6, 6.07) is 16.8. The number of aliphatic imine (C=N–C) groups is 1. The molecule has 1 aromatic carbocycles. The average Bonchev–Trinajstić information content (AvgIpc) is 3.60. The summed E-state index contributed by atoms with van der Waals surface area (Å²) in [5.41, 5.74) is 7.98. The maximum Gasteiger partial charge on any atom is 0.147 e. The molecule has 0 saturated carbocycles. The van der Waals surface area contributed by atoms with Crippen LogP contribution < -0.4 is 0 Å². The second-order valence-corrected chi connectivity index (χ2v) is 9.50. The number of fused-ring (bicyclic) bond motifs is 2. The number of rotatable bonds is 7. The molecule has 3 aromatic rings. The molecule has 2 aliphatic rings. The smallest absolute Gasteiger partial charge is 0.147 e. The fourth-order valence-electron chi connectivity index (χ4n) is 5.14. The summed E-state index contributed by atoms with van der Waals surface area (Å²) in [6.07, 6.45) is 16.3. The average molecular weight is 454 g/mol. The van der Waals surface area contributed by atoms with Gasteiger partial charge < -0.3 is 14.7 Å². The Kier molecular flexibility index (Phi) is 7.13. The van der Waals surface area contributed by atoms with E-state index >= 15 is 0 Å². The van der Waals surface area contributed by atoms with Gasteiger partial charge in [0.2, 0.25) is 0 Å². The fourth-order valence-corrected chi connectivity index (χ4v) is 5.14. The minimum Gasteiger partial charge on any atom is -0.487 e. The van der Waals surface area contributed by atoms with E-state index in [4.69, 9.17) is 9.73 Å². The van der Waals surface area contributed by atoms with E-state index in [2.05, 4.69) is 53.3 Å². The highest BCUT2D eigenvalue weighted by atomic mass is 16.5. The Balaban J connectivity index is 1.49. The Hall–Kier alpha value is -3.27. The van der Waals surface area contributed by atoms with E-state index < -0.39 is 0 Å². The number of aromatic nitrogens is 2. The van der Waals surface area contributed by atoms with Gasteiger partial charge in [0.25, 0.3) is 0 Å². The van der Waals surface area contributed by atoms with E-state index in [1.807, 2.05) is 30.5 Å². The van der Waals surface area contributed by atoms with Crippen LogP contribution >= 0.6 is 0 Å². The molecule has 176 valence electrons. The molecule has 3 heterocycles. The van der Waals surface area contributed by atoms with Gasteiger partial charge in [0, 0.05) is 23.7 Å². The van der Waals surface area contributed by atoms with Crippen LogP contribution in [0.15, 0.2) is 77.3 Å². The molecule has 0 amide bonds. The van der Waals surface area contributed by atoms with Crippen molar-refractivity contribution in [2.45, 2.75) is 70.8 Å². The summed E-state index contributed by atoms with van der Waals surface area (Å²) in [4.78, 5) is 12.0. The molecule has 1 aliphatic carbocycles. The fraction of sp³-hybridized carbons (Fsp3) is 0.367. The first-order valence-corrected chi connectivity index (χ1v) is 12.8. The van der Waals surface area contributed by atoms with Crippen LogP contribution in [0.25, 0.3) is 6.08 Å². The van der Waals surface area contributed by atoms with Crippen LogP contribution in [0, 0.1) is 0 Å². The van der Waals surface area contributed by atoms with Gasteiger partial charge in [-0.25, -0.2) is 4.99 Å². The van der Waals surface area contributed by atoms with Crippen molar-refractivity contribution >= 4 is 11.8 Å². The molecule has 0 spiro atoms. The highest BCUT2D eigenvalue weighted by Crippen LogP contribution is 2.35. The molecule has 1 unspecified atom stereocenters. The molecule has 2 N–H and O–H groups in total. The summed E-state index contributed by atoms with van der Waals surface area (Å²) in [5, 5.41) is 0. The number of hydrogen-bond acceptors (Lipinski definition) is 2. The molecule has 0 saturated heterocycles. The Labute approximate surface area is 202 Å². The third kappa shape index (κ3) is 5.27. The van der Waals surface area contributed by atoms with E-state index in [9.17, 15) is 0 Å². The zero-order valence-corrected chi connectivity index (χ0v) is 20.1. The van der Waals surface area contributed by atoms with E-state index in [-0.39, 0.29) is 0 Å². The number of allylic oxidation sites excluding steroid dienone is 1. The van der Waals surface area contributed by atoms with Crippen molar-refractivity contribution in [1.29, 1.82) is 0 Å². The lowest BCUT2D eigenvalue weighted by molar-refractivity contribution is 0.208. The third-order valence-electron chi connectivity index (χ3n) is 6.91. The zero-order chi connectivity index (χ0) is 23.2. The second-order valence-electron chi connectivity index (χ2n) is 9.50. The van der Waals surface area contributed by atoms with Gasteiger partial charge in [0.05, 0.1) is 11.4 Å². The van der Waals surface area contributed by atoms with E-state index in [0.29, 0.717) is 12.5 Å². The van der Waals surface area contributed by atoms with Crippen molar-refractivity contribution < 1.29 is 4.74 Å². The van der Waals surface area contributed by atoms with Crippen LogP contribution in [0.5, 0.6) is 0 Å². The van der Waals surface area contributed by atoms with Crippen molar-refractivity contribution in [2.24, 2.45) is 4.99 Å². The molecule has 2 aromatic heterocycles. The van der Waals surface area contributed by atoms with E-state index in [0.717, 1.165) is 34.8 Å². The van der Waals surface area contributed by atoms with Crippen molar-refractivity contribution in [3.8, 4) is 0 Å². The van der Waals surface area contributed by atoms with Gasteiger partial charge in [-0.2, -0.15) is 0 Å². The van der Waals surface area contributed by atoms with E-state index in [1.54, 1.807) is 0 Å². The molecule has 1 atom stereocenters. The number of H-pyrrole nitrogens is 2. The number of hydrogen-bond donors (Lipinski definition) is 2. The summed E-state index contributed by atoms with van der Waals surface area (Å²) >= 11 is 0. The van der Waals surface area contributed by atoms with Crippen LogP contribution in [-0.4, -0.2) is 15.7 Å². The monoisotopic (exact) mass is 453 g/mol. The van der Waals surface area contributed by atoms with Crippen LogP contribution in [0.2, 0.25) is 0 Å². The van der Waals surface area contributed by atoms with Crippen LogP contribution in [0.1, 0.15) is 86.0 Å². The van der Waals surface area contributed by atoms with Crippen LogP contribution in [0.4, 0.5) is 0 Å². The topological polar surface area (TPSA) is 53.2 Å². The second kappa shape index (κ2) is 10.8.